The number of anilines is 1. The van der Waals surface area contributed by atoms with Gasteiger partial charge in [-0.15, -0.1) is 0 Å². The average Bonchev–Trinajstić information content (AvgIpc) is 2.86. The Hall–Kier alpha value is -3.72. The molecule has 0 aromatic heterocycles. The zero-order valence-electron chi connectivity index (χ0n) is 22.4. The van der Waals surface area contributed by atoms with Crippen molar-refractivity contribution in [3.05, 3.63) is 72.3 Å². The van der Waals surface area contributed by atoms with Gasteiger partial charge in [-0.25, -0.2) is 4.79 Å². The number of likely N-dealkylation sites (N-methyl/N-ethyl adjacent to an activating group) is 1. The Bertz CT molecular complexity index is 1290. The van der Waals surface area contributed by atoms with Crippen molar-refractivity contribution in [2.24, 2.45) is 0 Å². The van der Waals surface area contributed by atoms with E-state index < -0.39 is 35.6 Å². The predicted octanol–water partition coefficient (Wildman–Crippen LogP) is 5.33. The molecule has 0 radical (unpaired) electrons. The molecule has 0 aliphatic rings. The molecule has 9 heteroatoms. The van der Waals surface area contributed by atoms with Crippen LogP contribution in [0.3, 0.4) is 0 Å². The van der Waals surface area contributed by atoms with Crippen molar-refractivity contribution in [1.29, 1.82) is 0 Å². The number of fused-ring (bicyclic) bond motifs is 1. The summed E-state index contributed by atoms with van der Waals surface area (Å²) >= 11 is 1.53. The first-order valence-corrected chi connectivity index (χ1v) is 13.7. The Kier molecular flexibility index (Phi) is 9.63. The average molecular weight is 538 g/mol. The van der Waals surface area contributed by atoms with E-state index in [2.05, 4.69) is 10.6 Å². The molecule has 0 saturated heterocycles. The summed E-state index contributed by atoms with van der Waals surface area (Å²) in [5.74, 6) is -0.498. The highest BCUT2D eigenvalue weighted by molar-refractivity contribution is 7.98. The number of carbonyl (C=O) groups is 3. The number of nitrogens with one attached hydrogen (secondary N) is 2. The highest BCUT2D eigenvalue weighted by Gasteiger charge is 2.35. The lowest BCUT2D eigenvalue weighted by Crippen LogP contribution is -2.51. The molecule has 3 amide bonds. The maximum Gasteiger partial charge on any atom is 0.408 e. The number of hydrogen-bond donors (Lipinski definition) is 3. The van der Waals surface area contributed by atoms with Crippen LogP contribution in [0.15, 0.2) is 66.7 Å². The molecule has 2 atom stereocenters. The van der Waals surface area contributed by atoms with Crippen molar-refractivity contribution >= 4 is 46.1 Å². The van der Waals surface area contributed by atoms with Crippen LogP contribution < -0.4 is 10.6 Å². The van der Waals surface area contributed by atoms with E-state index in [0.29, 0.717) is 17.9 Å². The van der Waals surface area contributed by atoms with Crippen molar-refractivity contribution in [3.63, 3.8) is 0 Å². The zero-order valence-corrected chi connectivity index (χ0v) is 23.2. The minimum atomic E-state index is -1.16. The van der Waals surface area contributed by atoms with E-state index in [9.17, 15) is 19.5 Å². The van der Waals surface area contributed by atoms with E-state index in [-0.39, 0.29) is 11.3 Å². The molecule has 8 nitrogen and oxygen atoms in total. The SMILES string of the molecule is CSCCC(NC(=O)OC(C)(C)C)C(=O)N(C)C(C(=O)Nc1ccc2ccccc2c1)c1ccccc1O. The standard InChI is InChI=1S/C29H35N3O5S/c1-29(2,3)37-28(36)31-23(16-17-38-5)27(35)32(4)25(22-12-8-9-13-24(22)33)26(34)30-21-15-14-19-10-6-7-11-20(19)18-21/h6-15,18,23,25,33H,16-17H2,1-5H3,(H,30,34)(H,31,36). The van der Waals surface area contributed by atoms with E-state index in [0.717, 1.165) is 10.8 Å². The van der Waals surface area contributed by atoms with Crippen LogP contribution in [0.5, 0.6) is 5.75 Å². The summed E-state index contributed by atoms with van der Waals surface area (Å²) in [5, 5.41) is 18.1. The number of rotatable bonds is 9. The molecule has 3 rings (SSSR count). The fourth-order valence-corrected chi connectivity index (χ4v) is 4.51. The third-order valence-electron chi connectivity index (χ3n) is 5.83. The van der Waals surface area contributed by atoms with E-state index in [4.69, 9.17) is 4.74 Å². The van der Waals surface area contributed by atoms with Crippen molar-refractivity contribution in [3.8, 4) is 5.75 Å². The van der Waals surface area contributed by atoms with Crippen molar-refractivity contribution in [1.82, 2.24) is 10.2 Å². The number of ether oxygens (including phenoxy) is 1. The second-order valence-corrected chi connectivity index (χ2v) is 10.9. The Balaban J connectivity index is 1.91. The Morgan fingerprint density at radius 3 is 2.32 bits per heavy atom. The summed E-state index contributed by atoms with van der Waals surface area (Å²) in [4.78, 5) is 41.1. The Morgan fingerprint density at radius 2 is 1.66 bits per heavy atom. The van der Waals surface area contributed by atoms with Gasteiger partial charge in [0.25, 0.3) is 5.91 Å². The van der Waals surface area contributed by atoms with Crippen LogP contribution in [-0.2, 0) is 14.3 Å². The summed E-state index contributed by atoms with van der Waals surface area (Å²) in [6.45, 7) is 5.22. The molecule has 3 aromatic rings. The van der Waals surface area contributed by atoms with Gasteiger partial charge in [0.05, 0.1) is 0 Å². The molecule has 0 aliphatic carbocycles. The van der Waals surface area contributed by atoms with Gasteiger partial charge in [0, 0.05) is 18.3 Å². The summed E-state index contributed by atoms with van der Waals surface area (Å²) in [6, 6.07) is 17.6. The number of carbonyl (C=O) groups excluding carboxylic acids is 3. The first-order valence-electron chi connectivity index (χ1n) is 12.3. The monoisotopic (exact) mass is 537 g/mol. The molecule has 0 bridgehead atoms. The second-order valence-electron chi connectivity index (χ2n) is 9.94. The van der Waals surface area contributed by atoms with Gasteiger partial charge in [0.1, 0.15) is 23.4 Å². The van der Waals surface area contributed by atoms with Crippen molar-refractivity contribution in [2.75, 3.05) is 24.4 Å². The van der Waals surface area contributed by atoms with E-state index >= 15 is 0 Å². The van der Waals surface area contributed by atoms with Crippen molar-refractivity contribution < 1.29 is 24.2 Å². The molecular weight excluding hydrogens is 502 g/mol. The van der Waals surface area contributed by atoms with Gasteiger partial charge in [-0.3, -0.25) is 9.59 Å². The van der Waals surface area contributed by atoms with Gasteiger partial charge in [-0.05, 0) is 68.2 Å². The van der Waals surface area contributed by atoms with E-state index in [1.165, 1.54) is 29.8 Å². The number of thioether (sulfide) groups is 1. The van der Waals surface area contributed by atoms with Gasteiger partial charge < -0.3 is 25.4 Å². The molecule has 202 valence electrons. The minimum Gasteiger partial charge on any atom is -0.508 e. The molecule has 2 unspecified atom stereocenters. The van der Waals surface area contributed by atoms with Crippen LogP contribution in [0.1, 0.15) is 38.8 Å². The fourth-order valence-electron chi connectivity index (χ4n) is 4.04. The molecule has 0 aliphatic heterocycles. The molecule has 3 aromatic carbocycles. The zero-order chi connectivity index (χ0) is 27.9. The van der Waals surface area contributed by atoms with Crippen LogP contribution in [0.2, 0.25) is 0 Å². The number of alkyl carbamates (subject to hydrolysis) is 1. The van der Waals surface area contributed by atoms with E-state index in [1.807, 2.05) is 42.7 Å². The quantitative estimate of drug-likeness (QED) is 0.341. The minimum absolute atomic E-state index is 0.119. The molecular formula is C29H35N3O5S. The summed E-state index contributed by atoms with van der Waals surface area (Å²) < 4.78 is 5.36. The molecule has 0 heterocycles. The Morgan fingerprint density at radius 1 is 1.00 bits per heavy atom. The van der Waals surface area contributed by atoms with Crippen LogP contribution in [0, 0.1) is 0 Å². The van der Waals surface area contributed by atoms with Gasteiger partial charge in [-0.2, -0.15) is 11.8 Å². The fraction of sp³-hybridized carbons (Fsp3) is 0.345. The maximum absolute atomic E-state index is 13.7. The number of para-hydroxylation sites is 1. The molecule has 3 N–H and O–H groups in total. The first kappa shape index (κ1) is 28.8. The number of nitrogens with zero attached hydrogens (tertiary/aromatic N) is 1. The van der Waals surface area contributed by atoms with Crippen LogP contribution >= 0.6 is 11.8 Å². The summed E-state index contributed by atoms with van der Waals surface area (Å²) in [7, 11) is 1.49. The highest BCUT2D eigenvalue weighted by Crippen LogP contribution is 2.30. The number of amides is 3. The lowest BCUT2D eigenvalue weighted by molar-refractivity contribution is -0.139. The molecule has 0 fully saturated rings. The normalized spacial score (nSPS) is 12.9. The Labute approximate surface area is 227 Å². The lowest BCUT2D eigenvalue weighted by Gasteiger charge is -2.32. The molecule has 38 heavy (non-hydrogen) atoms. The number of phenolic OH excluding ortho intramolecular Hbond substituents is 1. The first-order chi connectivity index (χ1) is 18.0. The van der Waals surface area contributed by atoms with Crippen LogP contribution in [0.4, 0.5) is 10.5 Å². The second kappa shape index (κ2) is 12.7. The molecule has 0 saturated carbocycles. The number of benzene rings is 3. The molecule has 0 spiro atoms. The number of hydrogen-bond acceptors (Lipinski definition) is 6. The van der Waals surface area contributed by atoms with Gasteiger partial charge in [-0.1, -0.05) is 48.5 Å². The summed E-state index contributed by atoms with van der Waals surface area (Å²) in [5.41, 5.74) is 0.0876. The highest BCUT2D eigenvalue weighted by atomic mass is 32.2. The topological polar surface area (TPSA) is 108 Å². The van der Waals surface area contributed by atoms with Crippen LogP contribution in [0.25, 0.3) is 10.8 Å². The maximum atomic E-state index is 13.7. The van der Waals surface area contributed by atoms with E-state index in [1.54, 1.807) is 45.0 Å². The lowest BCUT2D eigenvalue weighted by atomic mass is 10.0. The third-order valence-corrected chi connectivity index (χ3v) is 6.48. The summed E-state index contributed by atoms with van der Waals surface area (Å²) in [6.07, 6.45) is 1.52. The largest absolute Gasteiger partial charge is 0.508 e. The smallest absolute Gasteiger partial charge is 0.408 e. The van der Waals surface area contributed by atoms with Gasteiger partial charge >= 0.3 is 6.09 Å². The van der Waals surface area contributed by atoms with Gasteiger partial charge in [0.2, 0.25) is 5.91 Å². The third kappa shape index (κ3) is 7.64. The number of aromatic hydroxyl groups is 1. The number of phenols is 1. The van der Waals surface area contributed by atoms with Gasteiger partial charge in [0.15, 0.2) is 0 Å². The predicted molar refractivity (Wildman–Crippen MR) is 152 cm³/mol. The van der Waals surface area contributed by atoms with Crippen molar-refractivity contribution in [2.45, 2.75) is 44.9 Å². The van der Waals surface area contributed by atoms with Crippen LogP contribution in [-0.4, -0.2) is 58.6 Å².